The topological polar surface area (TPSA) is 43.0 Å². The van der Waals surface area contributed by atoms with Gasteiger partial charge in [-0.2, -0.15) is 0 Å². The van der Waals surface area contributed by atoms with Crippen LogP contribution in [0.1, 0.15) is 37.7 Å². The fourth-order valence-corrected chi connectivity index (χ4v) is 4.11. The Morgan fingerprint density at radius 1 is 1.04 bits per heavy atom. The molecule has 2 saturated heterocycles. The molecule has 0 unspecified atom stereocenters. The summed E-state index contributed by atoms with van der Waals surface area (Å²) in [6.45, 7) is 7.43. The summed E-state index contributed by atoms with van der Waals surface area (Å²) in [7, 11) is 1.69. The first-order valence-corrected chi connectivity index (χ1v) is 10.1. The van der Waals surface area contributed by atoms with Crippen LogP contribution in [0.25, 0.3) is 0 Å². The van der Waals surface area contributed by atoms with Crippen LogP contribution >= 0.6 is 0 Å². The van der Waals surface area contributed by atoms with Gasteiger partial charge in [0.2, 0.25) is 0 Å². The predicted molar refractivity (Wildman–Crippen MR) is 104 cm³/mol. The summed E-state index contributed by atoms with van der Waals surface area (Å²) in [5.41, 5.74) is 1.58. The van der Waals surface area contributed by atoms with Gasteiger partial charge in [-0.15, -0.1) is 0 Å². The molecule has 1 N–H and O–H groups in total. The number of methoxy groups -OCH3 is 1. The van der Waals surface area contributed by atoms with E-state index < -0.39 is 0 Å². The smallest absolute Gasteiger partial charge is 0.119 e. The largest absolute Gasteiger partial charge is 0.491 e. The molecule has 5 heteroatoms. The second-order valence-electron chi connectivity index (χ2n) is 7.47. The first-order valence-electron chi connectivity index (χ1n) is 10.1. The zero-order valence-corrected chi connectivity index (χ0v) is 16.2. The molecule has 5 nitrogen and oxygen atoms in total. The Labute approximate surface area is 158 Å². The summed E-state index contributed by atoms with van der Waals surface area (Å²) in [5, 5.41) is 3.72. The third-order valence-electron chi connectivity index (χ3n) is 5.71. The Morgan fingerprint density at radius 3 is 2.46 bits per heavy atom. The lowest BCUT2D eigenvalue weighted by atomic mass is 9.86. The molecule has 26 heavy (non-hydrogen) atoms. The van der Waals surface area contributed by atoms with Crippen LogP contribution in [0.4, 0.5) is 0 Å². The maximum atomic E-state index is 5.66. The van der Waals surface area contributed by atoms with Gasteiger partial charge in [-0.1, -0.05) is 18.6 Å². The Bertz CT molecular complexity index is 508. The second kappa shape index (κ2) is 10.3. The maximum Gasteiger partial charge on any atom is 0.119 e. The highest BCUT2D eigenvalue weighted by atomic mass is 16.5. The van der Waals surface area contributed by atoms with Gasteiger partial charge >= 0.3 is 0 Å². The van der Waals surface area contributed by atoms with E-state index >= 15 is 0 Å². The van der Waals surface area contributed by atoms with Gasteiger partial charge in [0.15, 0.2) is 0 Å². The molecule has 0 bridgehead atoms. The van der Waals surface area contributed by atoms with Crippen molar-refractivity contribution in [2.45, 2.75) is 44.2 Å². The molecule has 0 saturated carbocycles. The third kappa shape index (κ3) is 5.43. The Balaban J connectivity index is 1.49. The maximum absolute atomic E-state index is 5.66. The summed E-state index contributed by atoms with van der Waals surface area (Å²) in [5.74, 6) is 0.903. The van der Waals surface area contributed by atoms with Crippen molar-refractivity contribution in [1.29, 1.82) is 0 Å². The molecule has 2 aliphatic rings. The van der Waals surface area contributed by atoms with Crippen LogP contribution in [0.15, 0.2) is 24.3 Å². The number of nitrogens with one attached hydrogen (secondary N) is 1. The van der Waals surface area contributed by atoms with E-state index in [1.807, 2.05) is 12.1 Å². The average molecular weight is 363 g/mol. The number of hydrogen-bond acceptors (Lipinski definition) is 5. The fraction of sp³-hybridized carbons (Fsp3) is 0.714. The highest BCUT2D eigenvalue weighted by molar-refractivity contribution is 5.27. The quantitative estimate of drug-likeness (QED) is 0.684. The Kier molecular flexibility index (Phi) is 7.74. The molecule has 2 aliphatic heterocycles. The van der Waals surface area contributed by atoms with E-state index in [0.717, 1.165) is 44.9 Å². The van der Waals surface area contributed by atoms with Gasteiger partial charge in [0.1, 0.15) is 12.4 Å². The summed E-state index contributed by atoms with van der Waals surface area (Å²) in [6.07, 6.45) is 6.36. The Morgan fingerprint density at radius 2 is 1.77 bits per heavy atom. The minimum Gasteiger partial charge on any atom is -0.491 e. The number of nitrogens with zero attached hydrogens (tertiary/aromatic N) is 1. The summed E-state index contributed by atoms with van der Waals surface area (Å²) < 4.78 is 16.3. The van der Waals surface area contributed by atoms with E-state index in [9.17, 15) is 0 Å². The molecular formula is C21H34N2O3. The van der Waals surface area contributed by atoms with Crippen LogP contribution in [-0.4, -0.2) is 63.6 Å². The normalized spacial score (nSPS) is 20.8. The molecule has 0 radical (unpaired) electrons. The van der Waals surface area contributed by atoms with E-state index in [4.69, 9.17) is 14.2 Å². The van der Waals surface area contributed by atoms with Crippen molar-refractivity contribution in [3.63, 3.8) is 0 Å². The molecule has 146 valence electrons. The van der Waals surface area contributed by atoms with Crippen molar-refractivity contribution in [2.75, 3.05) is 53.2 Å². The van der Waals surface area contributed by atoms with Crippen LogP contribution in [0.3, 0.4) is 0 Å². The van der Waals surface area contributed by atoms with Gasteiger partial charge in [0.05, 0.1) is 6.61 Å². The van der Waals surface area contributed by atoms with Crippen molar-refractivity contribution >= 4 is 0 Å². The first-order chi connectivity index (χ1) is 12.8. The predicted octanol–water partition coefficient (Wildman–Crippen LogP) is 2.84. The number of benzene rings is 1. The minimum absolute atomic E-state index is 0.280. The molecule has 0 spiro atoms. The molecule has 2 heterocycles. The molecular weight excluding hydrogens is 328 g/mol. The van der Waals surface area contributed by atoms with Gasteiger partial charge in [0, 0.05) is 39.0 Å². The summed E-state index contributed by atoms with van der Waals surface area (Å²) in [4.78, 5) is 2.73. The van der Waals surface area contributed by atoms with E-state index in [2.05, 4.69) is 22.3 Å². The molecule has 2 fully saturated rings. The third-order valence-corrected chi connectivity index (χ3v) is 5.71. The lowest BCUT2D eigenvalue weighted by molar-refractivity contribution is -0.0358. The van der Waals surface area contributed by atoms with Gasteiger partial charge in [-0.3, -0.25) is 4.90 Å². The van der Waals surface area contributed by atoms with Crippen LogP contribution in [0, 0.1) is 0 Å². The molecule has 0 aliphatic carbocycles. The van der Waals surface area contributed by atoms with E-state index in [1.165, 1.54) is 37.9 Å². The molecule has 0 atom stereocenters. The summed E-state index contributed by atoms with van der Waals surface area (Å²) in [6, 6.07) is 8.38. The second-order valence-corrected chi connectivity index (χ2v) is 7.47. The first kappa shape index (κ1) is 19.6. The van der Waals surface area contributed by atoms with Gasteiger partial charge in [-0.05, 0) is 56.5 Å². The molecule has 3 rings (SSSR count). The molecule has 1 aromatic carbocycles. The minimum atomic E-state index is 0.280. The van der Waals surface area contributed by atoms with Gasteiger partial charge in [-0.25, -0.2) is 0 Å². The number of likely N-dealkylation sites (tertiary alicyclic amines) is 1. The van der Waals surface area contributed by atoms with Crippen molar-refractivity contribution < 1.29 is 14.2 Å². The number of rotatable bonds is 9. The fourth-order valence-electron chi connectivity index (χ4n) is 4.11. The van der Waals surface area contributed by atoms with Crippen molar-refractivity contribution in [3.05, 3.63) is 29.8 Å². The lowest BCUT2D eigenvalue weighted by Crippen LogP contribution is -2.59. The van der Waals surface area contributed by atoms with Gasteiger partial charge in [0.25, 0.3) is 0 Å². The molecule has 1 aromatic rings. The number of hydrogen-bond donors (Lipinski definition) is 1. The van der Waals surface area contributed by atoms with Crippen LogP contribution < -0.4 is 10.1 Å². The highest BCUT2D eigenvalue weighted by Gasteiger charge is 2.38. The van der Waals surface area contributed by atoms with Crippen LogP contribution in [0.2, 0.25) is 0 Å². The van der Waals surface area contributed by atoms with Crippen molar-refractivity contribution in [2.24, 2.45) is 0 Å². The SMILES string of the molecule is COCCOc1ccc(CNCC2(N3CCCCC3)CCOCC2)cc1. The standard InChI is InChI=1S/C21H34N2O3/c1-24-15-16-26-20-7-5-19(6-8-20)17-22-18-21(9-13-25-14-10-21)23-11-3-2-4-12-23/h5-8,22H,2-4,9-18H2,1H3. The molecule has 0 amide bonds. The lowest BCUT2D eigenvalue weighted by Gasteiger charge is -2.48. The van der Waals surface area contributed by atoms with E-state index in [0.29, 0.717) is 13.2 Å². The van der Waals surface area contributed by atoms with Crippen molar-refractivity contribution in [1.82, 2.24) is 10.2 Å². The monoisotopic (exact) mass is 362 g/mol. The zero-order valence-electron chi connectivity index (χ0n) is 16.2. The zero-order chi connectivity index (χ0) is 18.1. The average Bonchev–Trinajstić information content (AvgIpc) is 2.71. The number of piperidine rings is 1. The van der Waals surface area contributed by atoms with Crippen molar-refractivity contribution in [3.8, 4) is 5.75 Å². The highest BCUT2D eigenvalue weighted by Crippen LogP contribution is 2.30. The summed E-state index contributed by atoms with van der Waals surface area (Å²) >= 11 is 0. The van der Waals surface area contributed by atoms with Gasteiger partial charge < -0.3 is 19.5 Å². The number of ether oxygens (including phenoxy) is 3. The Hall–Kier alpha value is -1.14. The van der Waals surface area contributed by atoms with Crippen LogP contribution in [-0.2, 0) is 16.0 Å². The molecule has 0 aromatic heterocycles. The van der Waals surface area contributed by atoms with E-state index in [1.54, 1.807) is 7.11 Å². The van der Waals surface area contributed by atoms with E-state index in [-0.39, 0.29) is 5.54 Å². The van der Waals surface area contributed by atoms with Crippen LogP contribution in [0.5, 0.6) is 5.75 Å².